The van der Waals surface area contributed by atoms with E-state index in [0.717, 1.165) is 13.0 Å². The molecule has 1 saturated heterocycles. The van der Waals surface area contributed by atoms with Gasteiger partial charge in [0.05, 0.1) is 13.7 Å². The van der Waals surface area contributed by atoms with Crippen molar-refractivity contribution in [3.63, 3.8) is 0 Å². The maximum Gasteiger partial charge on any atom is 0.323 e. The largest absolute Gasteiger partial charge is 0.395 e. The lowest BCUT2D eigenvalue weighted by molar-refractivity contribution is -0.391. The van der Waals surface area contributed by atoms with E-state index >= 15 is 0 Å². The van der Waals surface area contributed by atoms with Crippen molar-refractivity contribution in [2.75, 3.05) is 39.3 Å². The minimum Gasteiger partial charge on any atom is -0.395 e. The highest BCUT2D eigenvalue weighted by molar-refractivity contribution is 5.93. The fraction of sp³-hybridized carbons (Fsp3) is 0.615. The van der Waals surface area contributed by atoms with Gasteiger partial charge in [0.15, 0.2) is 5.69 Å². The van der Waals surface area contributed by atoms with E-state index in [1.807, 2.05) is 0 Å². The van der Waals surface area contributed by atoms with Crippen molar-refractivity contribution < 1.29 is 14.8 Å². The molecule has 8 heteroatoms. The van der Waals surface area contributed by atoms with Crippen molar-refractivity contribution in [1.29, 1.82) is 0 Å². The number of carbonyl (C=O) groups excluding carboxylic acids is 1. The molecule has 0 spiro atoms. The van der Waals surface area contributed by atoms with Crippen LogP contribution in [0, 0.1) is 10.1 Å². The zero-order valence-corrected chi connectivity index (χ0v) is 12.1. The van der Waals surface area contributed by atoms with Gasteiger partial charge >= 0.3 is 5.82 Å². The number of amides is 1. The number of hydrogen-bond donors (Lipinski definition) is 1. The van der Waals surface area contributed by atoms with Crippen molar-refractivity contribution in [3.8, 4) is 0 Å². The van der Waals surface area contributed by atoms with Crippen LogP contribution in [0.4, 0.5) is 5.82 Å². The van der Waals surface area contributed by atoms with E-state index in [1.165, 1.54) is 23.7 Å². The second kappa shape index (κ2) is 6.68. The highest BCUT2D eigenvalue weighted by atomic mass is 16.6. The number of nitro groups is 1. The van der Waals surface area contributed by atoms with E-state index in [9.17, 15) is 14.9 Å². The molecule has 0 saturated carbocycles. The number of aliphatic hydroxyl groups is 1. The van der Waals surface area contributed by atoms with Crippen molar-refractivity contribution in [2.45, 2.75) is 6.42 Å². The molecule has 1 N–H and O–H groups in total. The van der Waals surface area contributed by atoms with Crippen LogP contribution in [0.2, 0.25) is 0 Å². The molecule has 0 aliphatic carbocycles. The lowest BCUT2D eigenvalue weighted by atomic mass is 10.3. The van der Waals surface area contributed by atoms with E-state index in [0.29, 0.717) is 31.9 Å². The second-order valence-electron chi connectivity index (χ2n) is 5.10. The van der Waals surface area contributed by atoms with E-state index in [2.05, 4.69) is 4.90 Å². The second-order valence-corrected chi connectivity index (χ2v) is 5.10. The first kappa shape index (κ1) is 15.5. The van der Waals surface area contributed by atoms with Crippen molar-refractivity contribution in [3.05, 3.63) is 27.9 Å². The molecule has 0 atom stereocenters. The molecule has 1 fully saturated rings. The van der Waals surface area contributed by atoms with Gasteiger partial charge in [-0.05, 0) is 24.0 Å². The Labute approximate surface area is 122 Å². The molecule has 21 heavy (non-hydrogen) atoms. The maximum absolute atomic E-state index is 12.5. The number of aliphatic hydroxyl groups excluding tert-OH is 1. The zero-order chi connectivity index (χ0) is 15.4. The predicted molar refractivity (Wildman–Crippen MR) is 76.1 cm³/mol. The lowest BCUT2D eigenvalue weighted by Gasteiger charge is -2.20. The van der Waals surface area contributed by atoms with Crippen LogP contribution in [-0.4, -0.2) is 69.6 Å². The normalized spacial score (nSPS) is 16.8. The predicted octanol–water partition coefficient (Wildman–Crippen LogP) is 0.0735. The van der Waals surface area contributed by atoms with E-state index in [1.54, 1.807) is 4.90 Å². The Hall–Kier alpha value is -1.93. The first-order chi connectivity index (χ1) is 10.0. The highest BCUT2D eigenvalue weighted by Crippen LogP contribution is 2.17. The van der Waals surface area contributed by atoms with Gasteiger partial charge in [-0.3, -0.25) is 9.69 Å². The molecule has 1 aliphatic rings. The number of rotatable bonds is 4. The molecule has 2 heterocycles. The molecule has 1 aromatic heterocycles. The third kappa shape index (κ3) is 3.40. The SMILES string of the molecule is Cn1c(C(=O)N2CCCN(CCO)CC2)ccc1[N+](=O)[O-]. The first-order valence-electron chi connectivity index (χ1n) is 6.97. The summed E-state index contributed by atoms with van der Waals surface area (Å²) in [6, 6.07) is 2.85. The third-order valence-corrected chi connectivity index (χ3v) is 3.79. The monoisotopic (exact) mass is 296 g/mol. The summed E-state index contributed by atoms with van der Waals surface area (Å²) in [5.74, 6) is -0.272. The zero-order valence-electron chi connectivity index (χ0n) is 12.1. The van der Waals surface area contributed by atoms with Crippen LogP contribution in [0.3, 0.4) is 0 Å². The van der Waals surface area contributed by atoms with Crippen molar-refractivity contribution in [1.82, 2.24) is 14.4 Å². The molecule has 0 radical (unpaired) electrons. The molecular formula is C13H20N4O4. The minimum atomic E-state index is -0.498. The fourth-order valence-electron chi connectivity index (χ4n) is 2.60. The van der Waals surface area contributed by atoms with Crippen LogP contribution in [0.1, 0.15) is 16.9 Å². The van der Waals surface area contributed by atoms with Crippen LogP contribution < -0.4 is 0 Å². The van der Waals surface area contributed by atoms with Gasteiger partial charge in [-0.1, -0.05) is 0 Å². The fourth-order valence-corrected chi connectivity index (χ4v) is 2.60. The quantitative estimate of drug-likeness (QED) is 0.627. The molecule has 1 amide bonds. The van der Waals surface area contributed by atoms with Crippen LogP contribution in [0.25, 0.3) is 0 Å². The number of β-amino-alcohol motifs (C(OH)–C–C–N with tert-alkyl or cyclic N) is 1. The summed E-state index contributed by atoms with van der Waals surface area (Å²) in [4.78, 5) is 26.7. The standard InChI is InChI=1S/C13H20N4O4/c1-14-11(3-4-12(14)17(20)21)13(19)16-6-2-5-15(7-8-16)9-10-18/h3-4,18H,2,5-10H2,1H3. The third-order valence-electron chi connectivity index (χ3n) is 3.79. The molecule has 2 rings (SSSR count). The van der Waals surface area contributed by atoms with E-state index in [-0.39, 0.29) is 18.3 Å². The molecule has 116 valence electrons. The van der Waals surface area contributed by atoms with Crippen LogP contribution in [0.5, 0.6) is 0 Å². The van der Waals surface area contributed by atoms with Gasteiger partial charge in [-0.2, -0.15) is 0 Å². The van der Waals surface area contributed by atoms with Crippen LogP contribution >= 0.6 is 0 Å². The minimum absolute atomic E-state index is 0.0879. The van der Waals surface area contributed by atoms with Crippen molar-refractivity contribution in [2.24, 2.45) is 7.05 Å². The van der Waals surface area contributed by atoms with Gasteiger partial charge in [0.25, 0.3) is 5.91 Å². The molecule has 0 aromatic carbocycles. The van der Waals surface area contributed by atoms with Gasteiger partial charge in [0, 0.05) is 32.2 Å². The summed E-state index contributed by atoms with van der Waals surface area (Å²) in [7, 11) is 1.53. The Morgan fingerprint density at radius 3 is 2.71 bits per heavy atom. The number of hydrogen-bond acceptors (Lipinski definition) is 5. The van der Waals surface area contributed by atoms with Crippen molar-refractivity contribution >= 4 is 11.7 Å². The number of nitrogens with zero attached hydrogens (tertiary/aromatic N) is 4. The average molecular weight is 296 g/mol. The van der Waals surface area contributed by atoms with Gasteiger partial charge in [0.2, 0.25) is 0 Å². The molecule has 8 nitrogen and oxygen atoms in total. The number of aromatic nitrogens is 1. The topological polar surface area (TPSA) is 91.9 Å². The van der Waals surface area contributed by atoms with Gasteiger partial charge < -0.3 is 20.1 Å². The molecule has 0 bridgehead atoms. The highest BCUT2D eigenvalue weighted by Gasteiger charge is 2.26. The van der Waals surface area contributed by atoms with Gasteiger partial charge in [-0.15, -0.1) is 0 Å². The Morgan fingerprint density at radius 1 is 1.33 bits per heavy atom. The Kier molecular flexibility index (Phi) is 4.92. The number of carbonyl (C=O) groups is 1. The van der Waals surface area contributed by atoms with Crippen LogP contribution in [0.15, 0.2) is 12.1 Å². The first-order valence-corrected chi connectivity index (χ1v) is 6.97. The Morgan fingerprint density at radius 2 is 2.10 bits per heavy atom. The molecule has 1 aromatic rings. The van der Waals surface area contributed by atoms with Gasteiger partial charge in [0.1, 0.15) is 0 Å². The average Bonchev–Trinajstić information content (AvgIpc) is 2.68. The summed E-state index contributed by atoms with van der Waals surface area (Å²) in [5, 5.41) is 19.8. The summed E-state index contributed by atoms with van der Waals surface area (Å²) in [5.41, 5.74) is 0.331. The summed E-state index contributed by atoms with van der Waals surface area (Å²) < 4.78 is 1.32. The Balaban J connectivity index is 2.08. The molecule has 0 unspecified atom stereocenters. The van der Waals surface area contributed by atoms with E-state index < -0.39 is 4.92 Å². The summed E-state index contributed by atoms with van der Waals surface area (Å²) >= 11 is 0. The summed E-state index contributed by atoms with van der Waals surface area (Å²) in [6.07, 6.45) is 0.832. The lowest BCUT2D eigenvalue weighted by Crippen LogP contribution is -2.36. The maximum atomic E-state index is 12.5. The van der Waals surface area contributed by atoms with Gasteiger partial charge in [-0.25, -0.2) is 4.57 Å². The molecular weight excluding hydrogens is 276 g/mol. The van der Waals surface area contributed by atoms with E-state index in [4.69, 9.17) is 5.11 Å². The van der Waals surface area contributed by atoms with Crippen LogP contribution in [-0.2, 0) is 7.05 Å². The Bertz CT molecular complexity index is 528. The smallest absolute Gasteiger partial charge is 0.323 e. The molecule has 1 aliphatic heterocycles. The summed E-state index contributed by atoms with van der Waals surface area (Å²) in [6.45, 7) is 3.46.